The highest BCUT2D eigenvalue weighted by molar-refractivity contribution is 6.11. The first kappa shape index (κ1) is 16.3. The lowest BCUT2D eigenvalue weighted by Crippen LogP contribution is -2.44. The van der Waals surface area contributed by atoms with Crippen molar-refractivity contribution in [2.24, 2.45) is 0 Å². The number of carbonyl (C=O) groups excluding carboxylic acids is 2. The Morgan fingerprint density at radius 1 is 1.08 bits per heavy atom. The number of hydrogen-bond donors (Lipinski definition) is 1. The number of fused-ring (bicyclic) bond motifs is 2. The summed E-state index contributed by atoms with van der Waals surface area (Å²) in [6, 6.07) is 13.2. The van der Waals surface area contributed by atoms with Crippen molar-refractivity contribution in [1.29, 1.82) is 0 Å². The maximum atomic E-state index is 13.2. The molecule has 0 saturated carbocycles. The summed E-state index contributed by atoms with van der Waals surface area (Å²) in [4.78, 5) is 40.4. The minimum absolute atomic E-state index is 0.0805. The first-order chi connectivity index (χ1) is 12.6. The van der Waals surface area contributed by atoms with Gasteiger partial charge in [0.25, 0.3) is 5.91 Å². The first-order valence-corrected chi connectivity index (χ1v) is 8.60. The van der Waals surface area contributed by atoms with E-state index in [0.717, 1.165) is 12.0 Å². The molecule has 2 heterocycles. The Morgan fingerprint density at radius 2 is 1.81 bits per heavy atom. The summed E-state index contributed by atoms with van der Waals surface area (Å²) >= 11 is 0. The number of aromatic carboxylic acids is 1. The van der Waals surface area contributed by atoms with Crippen molar-refractivity contribution < 1.29 is 19.5 Å². The van der Waals surface area contributed by atoms with Gasteiger partial charge in [0, 0.05) is 6.54 Å². The fourth-order valence-electron chi connectivity index (χ4n) is 3.71. The molecule has 0 radical (unpaired) electrons. The molecule has 2 amide bonds. The largest absolute Gasteiger partial charge is 0.478 e. The predicted octanol–water partition coefficient (Wildman–Crippen LogP) is 2.54. The van der Waals surface area contributed by atoms with Crippen LogP contribution in [0, 0.1) is 0 Å². The normalized spacial score (nSPS) is 19.2. The molecule has 0 bridgehead atoms. The molecule has 26 heavy (non-hydrogen) atoms. The van der Waals surface area contributed by atoms with Gasteiger partial charge in [0.05, 0.1) is 23.4 Å². The third-order valence-electron chi connectivity index (χ3n) is 5.03. The fraction of sp³-hybridized carbons (Fsp3) is 0.250. The maximum absolute atomic E-state index is 13.2. The van der Waals surface area contributed by atoms with Gasteiger partial charge in [-0.05, 0) is 42.7 Å². The minimum Gasteiger partial charge on any atom is -0.478 e. The van der Waals surface area contributed by atoms with Crippen LogP contribution in [-0.4, -0.2) is 40.4 Å². The van der Waals surface area contributed by atoms with Gasteiger partial charge >= 0.3 is 5.97 Å². The summed E-state index contributed by atoms with van der Waals surface area (Å²) in [6.07, 6.45) is 1.50. The minimum atomic E-state index is -0.986. The third-order valence-corrected chi connectivity index (χ3v) is 5.03. The van der Waals surface area contributed by atoms with Crippen molar-refractivity contribution in [2.45, 2.75) is 25.4 Å². The van der Waals surface area contributed by atoms with Crippen molar-refractivity contribution >= 4 is 23.5 Å². The van der Waals surface area contributed by atoms with E-state index in [4.69, 9.17) is 5.11 Å². The molecule has 6 nitrogen and oxygen atoms in total. The van der Waals surface area contributed by atoms with Gasteiger partial charge in [0.1, 0.15) is 6.04 Å². The van der Waals surface area contributed by atoms with E-state index in [1.165, 1.54) is 12.1 Å². The molecule has 1 atom stereocenters. The molecule has 1 fully saturated rings. The SMILES string of the molecule is O=C(O)c1ccc(CN2C(=O)C3CCCN3C(=O)c3ccccc32)cc1. The lowest BCUT2D eigenvalue weighted by atomic mass is 10.1. The quantitative estimate of drug-likeness (QED) is 0.923. The number of para-hydroxylation sites is 1. The van der Waals surface area contributed by atoms with Crippen LogP contribution in [0.15, 0.2) is 48.5 Å². The molecule has 0 spiro atoms. The second-order valence-corrected chi connectivity index (χ2v) is 6.60. The first-order valence-electron chi connectivity index (χ1n) is 8.60. The lowest BCUT2D eigenvalue weighted by Gasteiger charge is -2.26. The number of anilines is 1. The Hall–Kier alpha value is -3.15. The molecule has 132 valence electrons. The van der Waals surface area contributed by atoms with Crippen molar-refractivity contribution in [3.63, 3.8) is 0 Å². The fourth-order valence-corrected chi connectivity index (χ4v) is 3.71. The second-order valence-electron chi connectivity index (χ2n) is 6.60. The van der Waals surface area contributed by atoms with Gasteiger partial charge in [-0.15, -0.1) is 0 Å². The second kappa shape index (κ2) is 6.29. The number of carboxylic acid groups (broad SMARTS) is 1. The molecular weight excluding hydrogens is 332 g/mol. The van der Waals surface area contributed by atoms with Crippen LogP contribution in [0.2, 0.25) is 0 Å². The van der Waals surface area contributed by atoms with Gasteiger partial charge in [-0.25, -0.2) is 4.79 Å². The van der Waals surface area contributed by atoms with Crippen LogP contribution in [0.4, 0.5) is 5.69 Å². The van der Waals surface area contributed by atoms with Crippen LogP contribution in [0.25, 0.3) is 0 Å². The Bertz CT molecular complexity index is 891. The zero-order chi connectivity index (χ0) is 18.3. The highest BCUT2D eigenvalue weighted by atomic mass is 16.4. The van der Waals surface area contributed by atoms with E-state index < -0.39 is 12.0 Å². The van der Waals surface area contributed by atoms with Crippen molar-refractivity contribution in [2.75, 3.05) is 11.4 Å². The number of rotatable bonds is 3. The molecule has 2 aliphatic rings. The van der Waals surface area contributed by atoms with E-state index >= 15 is 0 Å². The number of nitrogens with zero attached hydrogens (tertiary/aromatic N) is 2. The van der Waals surface area contributed by atoms with Gasteiger partial charge in [-0.2, -0.15) is 0 Å². The Morgan fingerprint density at radius 3 is 2.54 bits per heavy atom. The van der Waals surface area contributed by atoms with Crippen LogP contribution in [-0.2, 0) is 11.3 Å². The molecule has 2 aromatic carbocycles. The summed E-state index contributed by atoms with van der Waals surface area (Å²) in [7, 11) is 0. The van der Waals surface area contributed by atoms with Gasteiger partial charge in [0.15, 0.2) is 0 Å². The molecule has 1 N–H and O–H groups in total. The van der Waals surface area contributed by atoms with Crippen LogP contribution >= 0.6 is 0 Å². The monoisotopic (exact) mass is 350 g/mol. The van der Waals surface area contributed by atoms with Crippen molar-refractivity contribution in [3.05, 3.63) is 65.2 Å². The number of amides is 2. The third kappa shape index (κ3) is 2.63. The average molecular weight is 350 g/mol. The summed E-state index contributed by atoms with van der Waals surface area (Å²) in [5.74, 6) is -1.16. The van der Waals surface area contributed by atoms with E-state index in [1.54, 1.807) is 40.1 Å². The predicted molar refractivity (Wildman–Crippen MR) is 95.1 cm³/mol. The number of hydrogen-bond acceptors (Lipinski definition) is 3. The van der Waals surface area contributed by atoms with Gasteiger partial charge in [-0.1, -0.05) is 24.3 Å². The molecule has 0 aliphatic carbocycles. The van der Waals surface area contributed by atoms with Crippen LogP contribution in [0.3, 0.4) is 0 Å². The van der Waals surface area contributed by atoms with E-state index in [2.05, 4.69) is 0 Å². The molecule has 1 saturated heterocycles. The smallest absolute Gasteiger partial charge is 0.335 e. The highest BCUT2D eigenvalue weighted by Crippen LogP contribution is 2.33. The molecule has 1 unspecified atom stereocenters. The highest BCUT2D eigenvalue weighted by Gasteiger charge is 2.41. The van der Waals surface area contributed by atoms with E-state index in [-0.39, 0.29) is 17.4 Å². The molecular formula is C20H18N2O4. The van der Waals surface area contributed by atoms with E-state index in [0.29, 0.717) is 30.8 Å². The van der Waals surface area contributed by atoms with E-state index in [9.17, 15) is 14.4 Å². The summed E-state index contributed by atoms with van der Waals surface area (Å²) < 4.78 is 0. The maximum Gasteiger partial charge on any atom is 0.335 e. The van der Waals surface area contributed by atoms with Crippen molar-refractivity contribution in [3.8, 4) is 0 Å². The molecule has 4 rings (SSSR count). The van der Waals surface area contributed by atoms with E-state index in [1.807, 2.05) is 6.07 Å². The average Bonchev–Trinajstić information content (AvgIpc) is 3.12. The van der Waals surface area contributed by atoms with Gasteiger partial charge in [-0.3, -0.25) is 9.59 Å². The summed E-state index contributed by atoms with van der Waals surface area (Å²) in [6.45, 7) is 0.901. The molecule has 0 aromatic heterocycles. The van der Waals surface area contributed by atoms with Crippen molar-refractivity contribution in [1.82, 2.24) is 4.90 Å². The Labute approximate surface area is 150 Å². The summed E-state index contributed by atoms with van der Waals surface area (Å²) in [5, 5.41) is 9.03. The van der Waals surface area contributed by atoms with Gasteiger partial charge < -0.3 is 14.9 Å². The standard InChI is InChI=1S/C20H18N2O4/c23-18-15-4-1-2-5-16(15)22(19(24)17-6-3-11-21(17)18)12-13-7-9-14(10-8-13)20(25)26/h1-2,4-5,7-10,17H,3,6,11-12H2,(H,25,26). The van der Waals surface area contributed by atoms with Crippen LogP contribution in [0.5, 0.6) is 0 Å². The molecule has 2 aliphatic heterocycles. The lowest BCUT2D eigenvalue weighted by molar-refractivity contribution is -0.122. The zero-order valence-electron chi connectivity index (χ0n) is 14.1. The molecule has 2 aromatic rings. The Kier molecular flexibility index (Phi) is 3.95. The van der Waals surface area contributed by atoms with Crippen LogP contribution in [0.1, 0.15) is 39.1 Å². The number of carboxylic acids is 1. The number of carbonyl (C=O) groups is 3. The Balaban J connectivity index is 1.73. The van der Waals surface area contributed by atoms with Gasteiger partial charge in [0.2, 0.25) is 5.91 Å². The number of benzene rings is 2. The summed E-state index contributed by atoms with van der Waals surface area (Å²) in [5.41, 5.74) is 2.16. The zero-order valence-corrected chi connectivity index (χ0v) is 14.1. The van der Waals surface area contributed by atoms with Crippen LogP contribution < -0.4 is 4.90 Å². The topological polar surface area (TPSA) is 77.9 Å². The molecule has 6 heteroatoms.